The van der Waals surface area contributed by atoms with E-state index < -0.39 is 18.2 Å². The van der Waals surface area contributed by atoms with Gasteiger partial charge >= 0.3 is 5.97 Å². The van der Waals surface area contributed by atoms with E-state index in [9.17, 15) is 19.8 Å². The standard InChI is InChI=1S/C61H109NO5/c1-4-7-10-13-16-19-22-25-27-29-31-33-36-39-42-45-48-51-54-61(66)67-57(52-49-46-43-40-37-35-32-30-28-26-23-20-17-14-11-8-5-2)55-60(65)62-58(56-63)59(64)53-50-47-44-41-38-34-24-21-18-15-12-9-6-3/h8,11,17,20,26,28,32,35,40,43,49,52,57-59,63-64H,4-7,9-10,12-16,18-19,21-25,27,29-31,33-34,36-39,41-42,44-48,50-51,53-56H2,1-3H3,(H,62,65)/b11-8-,20-17-,28-26-,35-32-,43-40-,52-49-. The molecule has 3 N–H and O–H groups in total. The van der Waals surface area contributed by atoms with Crippen molar-refractivity contribution in [1.29, 1.82) is 0 Å². The molecule has 0 aromatic rings. The van der Waals surface area contributed by atoms with Gasteiger partial charge < -0.3 is 20.3 Å². The lowest BCUT2D eigenvalue weighted by atomic mass is 10.0. The quantitative estimate of drug-likeness (QED) is 0.0321. The molecule has 0 saturated heterocycles. The largest absolute Gasteiger partial charge is 0.458 e. The van der Waals surface area contributed by atoms with E-state index in [4.69, 9.17) is 4.74 Å². The van der Waals surface area contributed by atoms with Gasteiger partial charge in [-0.05, 0) is 57.4 Å². The predicted molar refractivity (Wildman–Crippen MR) is 291 cm³/mol. The molecule has 1 amide bonds. The number of hydrogen-bond acceptors (Lipinski definition) is 5. The van der Waals surface area contributed by atoms with E-state index in [1.54, 1.807) is 0 Å². The van der Waals surface area contributed by atoms with Gasteiger partial charge in [-0.25, -0.2) is 0 Å². The Morgan fingerprint density at radius 1 is 0.448 bits per heavy atom. The summed E-state index contributed by atoms with van der Waals surface area (Å²) in [5.41, 5.74) is 0. The Morgan fingerprint density at radius 2 is 0.776 bits per heavy atom. The highest BCUT2D eigenvalue weighted by atomic mass is 16.5. The number of allylic oxidation sites excluding steroid dienone is 11. The Labute approximate surface area is 415 Å². The van der Waals surface area contributed by atoms with Gasteiger partial charge in [0.15, 0.2) is 0 Å². The summed E-state index contributed by atoms with van der Waals surface area (Å²) in [7, 11) is 0. The van der Waals surface area contributed by atoms with Crippen LogP contribution in [0, 0.1) is 0 Å². The predicted octanol–water partition coefficient (Wildman–Crippen LogP) is 17.7. The first kappa shape index (κ1) is 64.3. The Morgan fingerprint density at radius 3 is 1.13 bits per heavy atom. The van der Waals surface area contributed by atoms with Crippen molar-refractivity contribution in [3.05, 3.63) is 72.9 Å². The molecule has 3 atom stereocenters. The van der Waals surface area contributed by atoms with E-state index in [-0.39, 0.29) is 24.9 Å². The van der Waals surface area contributed by atoms with Crippen molar-refractivity contribution in [2.45, 2.75) is 296 Å². The molecular formula is C61H109NO5. The van der Waals surface area contributed by atoms with Crippen molar-refractivity contribution in [2.24, 2.45) is 0 Å². The lowest BCUT2D eigenvalue weighted by Gasteiger charge is -2.23. The van der Waals surface area contributed by atoms with Crippen LogP contribution in [-0.2, 0) is 14.3 Å². The molecule has 0 rings (SSSR count). The number of esters is 1. The van der Waals surface area contributed by atoms with Crippen molar-refractivity contribution < 1.29 is 24.5 Å². The average molecular weight is 937 g/mol. The summed E-state index contributed by atoms with van der Waals surface area (Å²) in [5, 5.41) is 23.8. The van der Waals surface area contributed by atoms with E-state index in [0.29, 0.717) is 19.3 Å². The van der Waals surface area contributed by atoms with Crippen molar-refractivity contribution in [3.8, 4) is 0 Å². The number of unbranched alkanes of at least 4 members (excludes halogenated alkanes) is 29. The minimum atomic E-state index is -0.821. The SMILES string of the molecule is CC/C=C\C/C=C\C/C=C\C/C=C\C/C=C\C/C=C\C(CC(=O)NC(CO)C(O)CCCCCCCCCCCCCCC)OC(=O)CCCCCCCCCCCCCCCCCCCC. The van der Waals surface area contributed by atoms with Crippen LogP contribution in [0.25, 0.3) is 0 Å². The normalized spacial score (nSPS) is 13.7. The molecule has 0 spiro atoms. The molecule has 0 heterocycles. The highest BCUT2D eigenvalue weighted by molar-refractivity contribution is 5.78. The molecule has 0 aromatic heterocycles. The highest BCUT2D eigenvalue weighted by Crippen LogP contribution is 2.17. The summed E-state index contributed by atoms with van der Waals surface area (Å²) in [6.45, 7) is 6.36. The van der Waals surface area contributed by atoms with Crippen molar-refractivity contribution in [1.82, 2.24) is 5.32 Å². The van der Waals surface area contributed by atoms with Gasteiger partial charge in [-0.3, -0.25) is 9.59 Å². The molecule has 0 saturated carbocycles. The first-order chi connectivity index (χ1) is 33.0. The molecule has 6 heteroatoms. The van der Waals surface area contributed by atoms with Gasteiger partial charge in [0.25, 0.3) is 0 Å². The van der Waals surface area contributed by atoms with Crippen molar-refractivity contribution in [3.63, 3.8) is 0 Å². The summed E-state index contributed by atoms with van der Waals surface area (Å²) >= 11 is 0. The molecule has 67 heavy (non-hydrogen) atoms. The number of hydrogen-bond donors (Lipinski definition) is 3. The topological polar surface area (TPSA) is 95.9 Å². The van der Waals surface area contributed by atoms with E-state index in [1.165, 1.54) is 161 Å². The minimum Gasteiger partial charge on any atom is -0.458 e. The Balaban J connectivity index is 4.70. The zero-order valence-corrected chi connectivity index (χ0v) is 44.3. The Hall–Kier alpha value is -2.70. The van der Waals surface area contributed by atoms with Crippen LogP contribution in [0.4, 0.5) is 0 Å². The lowest BCUT2D eigenvalue weighted by molar-refractivity contribution is -0.148. The zero-order chi connectivity index (χ0) is 48.8. The van der Waals surface area contributed by atoms with Crippen LogP contribution >= 0.6 is 0 Å². The average Bonchev–Trinajstić information content (AvgIpc) is 3.32. The van der Waals surface area contributed by atoms with Gasteiger partial charge in [-0.15, -0.1) is 0 Å². The fraction of sp³-hybridized carbons (Fsp3) is 0.770. The number of carbonyl (C=O) groups is 2. The second kappa shape index (κ2) is 54.2. The summed E-state index contributed by atoms with van der Waals surface area (Å²) < 4.78 is 5.85. The van der Waals surface area contributed by atoms with Gasteiger partial charge in [0.1, 0.15) is 6.10 Å². The van der Waals surface area contributed by atoms with Gasteiger partial charge in [-0.2, -0.15) is 0 Å². The number of aliphatic hydroxyl groups excluding tert-OH is 2. The fourth-order valence-electron chi connectivity index (χ4n) is 8.49. The van der Waals surface area contributed by atoms with Gasteiger partial charge in [0, 0.05) is 6.42 Å². The third-order valence-corrected chi connectivity index (χ3v) is 12.8. The third kappa shape index (κ3) is 49.5. The molecule has 0 radical (unpaired) electrons. The van der Waals surface area contributed by atoms with Crippen LogP contribution in [0.15, 0.2) is 72.9 Å². The highest BCUT2D eigenvalue weighted by Gasteiger charge is 2.23. The number of rotatable bonds is 51. The number of ether oxygens (including phenoxy) is 1. The molecule has 0 aliphatic rings. The van der Waals surface area contributed by atoms with E-state index in [0.717, 1.165) is 70.6 Å². The lowest BCUT2D eigenvalue weighted by Crippen LogP contribution is -2.46. The van der Waals surface area contributed by atoms with Gasteiger partial charge in [-0.1, -0.05) is 280 Å². The van der Waals surface area contributed by atoms with E-state index >= 15 is 0 Å². The number of nitrogens with one attached hydrogen (secondary N) is 1. The maximum Gasteiger partial charge on any atom is 0.306 e. The van der Waals surface area contributed by atoms with Gasteiger partial charge in [0.2, 0.25) is 5.91 Å². The van der Waals surface area contributed by atoms with E-state index in [1.807, 2.05) is 12.2 Å². The first-order valence-electron chi connectivity index (χ1n) is 28.7. The van der Waals surface area contributed by atoms with E-state index in [2.05, 4.69) is 86.8 Å². The minimum absolute atomic E-state index is 0.0466. The molecule has 0 aliphatic heterocycles. The number of aliphatic hydroxyl groups is 2. The molecule has 3 unspecified atom stereocenters. The molecule has 0 bridgehead atoms. The Bertz CT molecular complexity index is 1230. The molecule has 6 nitrogen and oxygen atoms in total. The maximum atomic E-state index is 13.2. The molecule has 0 fully saturated rings. The van der Waals surface area contributed by atoms with Crippen molar-refractivity contribution in [2.75, 3.05) is 6.61 Å². The molecular weight excluding hydrogens is 827 g/mol. The van der Waals surface area contributed by atoms with Gasteiger partial charge in [0.05, 0.1) is 25.2 Å². The van der Waals surface area contributed by atoms with Crippen LogP contribution in [0.3, 0.4) is 0 Å². The summed E-state index contributed by atoms with van der Waals surface area (Å²) in [4.78, 5) is 26.2. The van der Waals surface area contributed by atoms with Crippen LogP contribution in [0.2, 0.25) is 0 Å². The molecule has 0 aromatic carbocycles. The Kier molecular flexibility index (Phi) is 52.1. The molecule has 0 aliphatic carbocycles. The summed E-state index contributed by atoms with van der Waals surface area (Å²) in [6, 6.07) is -0.744. The van der Waals surface area contributed by atoms with Crippen LogP contribution in [-0.4, -0.2) is 46.9 Å². The number of amides is 1. The van der Waals surface area contributed by atoms with Crippen LogP contribution < -0.4 is 5.32 Å². The first-order valence-corrected chi connectivity index (χ1v) is 28.7. The smallest absolute Gasteiger partial charge is 0.306 e. The second-order valence-corrected chi connectivity index (χ2v) is 19.3. The number of carbonyl (C=O) groups excluding carboxylic acids is 2. The molecule has 388 valence electrons. The van der Waals surface area contributed by atoms with Crippen LogP contribution in [0.5, 0.6) is 0 Å². The third-order valence-electron chi connectivity index (χ3n) is 12.8. The van der Waals surface area contributed by atoms with Crippen molar-refractivity contribution >= 4 is 11.9 Å². The fourth-order valence-corrected chi connectivity index (χ4v) is 8.49. The summed E-state index contributed by atoms with van der Waals surface area (Å²) in [6.07, 6.45) is 70.0. The monoisotopic (exact) mass is 936 g/mol. The zero-order valence-electron chi connectivity index (χ0n) is 44.3. The second-order valence-electron chi connectivity index (χ2n) is 19.3. The summed E-state index contributed by atoms with van der Waals surface area (Å²) in [5.74, 6) is -0.621. The maximum absolute atomic E-state index is 13.2. The van der Waals surface area contributed by atoms with Crippen LogP contribution in [0.1, 0.15) is 278 Å².